The average molecular weight is 247 g/mol. The maximum atomic E-state index is 9.22. The van der Waals surface area contributed by atoms with E-state index in [-0.39, 0.29) is 26.0 Å². The first-order valence-electron chi connectivity index (χ1n) is 4.09. The standard InChI is InChI=1S/3C2H6O.CH3O3Si.H3N/c3*1-2-3;1-4-5(2)3;/h3*3H,2H2,1H3;1H3;1H3/q;;;-1;/p+1. The van der Waals surface area contributed by atoms with Crippen LogP contribution >= 0.6 is 0 Å². The van der Waals surface area contributed by atoms with Crippen LogP contribution in [-0.2, 0) is 8.89 Å². The Labute approximate surface area is 92.8 Å². The smallest absolute Gasteiger partial charge is 0.413 e. The van der Waals surface area contributed by atoms with Crippen LogP contribution < -0.4 is 10.9 Å². The van der Waals surface area contributed by atoms with Gasteiger partial charge in [0.15, 0.2) is 0 Å². The fraction of sp³-hybridized carbons (Fsp3) is 1.00. The predicted molar refractivity (Wildman–Crippen MR) is 57.7 cm³/mol. The molecular formula is C7H25NO6Si. The van der Waals surface area contributed by atoms with Gasteiger partial charge in [-0.15, -0.1) is 0 Å². The number of hydrogen-bond acceptors (Lipinski definition) is 6. The van der Waals surface area contributed by atoms with Crippen molar-refractivity contribution in [2.75, 3.05) is 26.9 Å². The van der Waals surface area contributed by atoms with Crippen LogP contribution in [0, 0.1) is 0 Å². The Morgan fingerprint density at radius 1 is 1.07 bits per heavy atom. The van der Waals surface area contributed by atoms with Crippen LogP contribution in [0.2, 0.25) is 0 Å². The Kier molecular flexibility index (Phi) is 97.7. The molecule has 0 aliphatic rings. The second-order valence-corrected chi connectivity index (χ2v) is 2.31. The fourth-order valence-corrected chi connectivity index (χ4v) is 0. The zero-order valence-electron chi connectivity index (χ0n) is 10.2. The molecule has 8 heteroatoms. The summed E-state index contributed by atoms with van der Waals surface area (Å²) in [5.74, 6) is 0. The van der Waals surface area contributed by atoms with E-state index in [4.69, 9.17) is 15.3 Å². The second-order valence-electron chi connectivity index (χ2n) is 1.40. The minimum Gasteiger partial charge on any atom is -0.591 e. The fourth-order valence-electron chi connectivity index (χ4n) is 0. The molecule has 0 spiro atoms. The maximum Gasteiger partial charge on any atom is 0.413 e. The molecule has 0 radical (unpaired) electrons. The largest absolute Gasteiger partial charge is 0.591 e. The maximum absolute atomic E-state index is 9.22. The van der Waals surface area contributed by atoms with Gasteiger partial charge < -0.3 is 35.2 Å². The Morgan fingerprint density at radius 3 is 1.13 bits per heavy atom. The monoisotopic (exact) mass is 247 g/mol. The lowest BCUT2D eigenvalue weighted by molar-refractivity contribution is -0.226. The molecule has 0 saturated carbocycles. The molecule has 0 aliphatic heterocycles. The zero-order valence-corrected chi connectivity index (χ0v) is 11.2. The van der Waals surface area contributed by atoms with Crippen LogP contribution in [0.1, 0.15) is 20.8 Å². The summed E-state index contributed by atoms with van der Waals surface area (Å²) in [7, 11) is -1.75. The van der Waals surface area contributed by atoms with E-state index in [0.29, 0.717) is 0 Å². The van der Waals surface area contributed by atoms with Gasteiger partial charge in [0.25, 0.3) is 0 Å². The van der Waals surface area contributed by atoms with Gasteiger partial charge in [0.05, 0.1) is 0 Å². The van der Waals surface area contributed by atoms with Crippen molar-refractivity contribution >= 4 is 9.17 Å². The van der Waals surface area contributed by atoms with E-state index in [9.17, 15) is 9.26 Å². The van der Waals surface area contributed by atoms with Crippen molar-refractivity contribution in [1.82, 2.24) is 6.15 Å². The molecule has 0 heterocycles. The molecule has 0 aromatic heterocycles. The normalized spacial score (nSPS) is 5.80. The van der Waals surface area contributed by atoms with E-state index < -0.39 is 9.17 Å². The summed E-state index contributed by atoms with van der Waals surface area (Å²) in [6, 6.07) is 0. The Morgan fingerprint density at radius 2 is 1.13 bits per heavy atom. The van der Waals surface area contributed by atoms with Gasteiger partial charge in [-0.25, -0.2) is 0 Å². The van der Waals surface area contributed by atoms with E-state index >= 15 is 0 Å². The molecule has 0 amide bonds. The van der Waals surface area contributed by atoms with Gasteiger partial charge in [0.2, 0.25) is 0 Å². The molecule has 0 fully saturated rings. The Bertz CT molecular complexity index is 81.1. The summed E-state index contributed by atoms with van der Waals surface area (Å²) in [6.45, 7) is 5.79. The minimum atomic E-state index is -2.87. The number of quaternary nitrogens is 1. The van der Waals surface area contributed by atoms with E-state index in [1.54, 1.807) is 20.8 Å². The molecule has 0 aliphatic carbocycles. The van der Waals surface area contributed by atoms with Crippen LogP contribution in [0.25, 0.3) is 0 Å². The van der Waals surface area contributed by atoms with Crippen molar-refractivity contribution in [2.24, 2.45) is 0 Å². The highest BCUT2D eigenvalue weighted by Gasteiger charge is 1.70. The van der Waals surface area contributed by atoms with Gasteiger partial charge in [0, 0.05) is 26.9 Å². The Balaban J connectivity index is -0.0000000300. The van der Waals surface area contributed by atoms with Gasteiger partial charge in [-0.05, 0) is 20.8 Å². The third-order valence-electron chi connectivity index (χ3n) is 0.167. The molecule has 98 valence electrons. The molecule has 0 saturated heterocycles. The lowest BCUT2D eigenvalue weighted by Gasteiger charge is -1.90. The van der Waals surface area contributed by atoms with Crippen molar-refractivity contribution < 1.29 is 29.0 Å². The minimum absolute atomic E-state index is 0. The van der Waals surface area contributed by atoms with Crippen LogP contribution in [0.15, 0.2) is 0 Å². The Hall–Kier alpha value is -0.543. The van der Waals surface area contributed by atoms with Crippen molar-refractivity contribution in [1.29, 1.82) is 0 Å². The molecule has 7 N–H and O–H groups in total. The van der Waals surface area contributed by atoms with Crippen molar-refractivity contribution in [3.05, 3.63) is 0 Å². The van der Waals surface area contributed by atoms with Crippen LogP contribution in [0.3, 0.4) is 0 Å². The summed E-state index contributed by atoms with van der Waals surface area (Å²) in [4.78, 5) is 9.22. The zero-order chi connectivity index (χ0) is 12.4. The van der Waals surface area contributed by atoms with Crippen LogP contribution in [0.4, 0.5) is 0 Å². The molecule has 0 unspecified atom stereocenters. The van der Waals surface area contributed by atoms with Gasteiger partial charge in [-0.2, -0.15) is 0 Å². The molecule has 7 nitrogen and oxygen atoms in total. The predicted octanol–water partition coefficient (Wildman–Crippen LogP) is -1.22. The topological polar surface area (TPSA) is 147 Å². The summed E-state index contributed by atoms with van der Waals surface area (Å²) in [5, 5.41) is 22.7. The van der Waals surface area contributed by atoms with Crippen molar-refractivity contribution in [2.45, 2.75) is 20.8 Å². The first-order chi connectivity index (χ1) is 6.51. The van der Waals surface area contributed by atoms with E-state index in [0.717, 1.165) is 7.11 Å². The number of rotatable bonds is 1. The van der Waals surface area contributed by atoms with Gasteiger partial charge >= 0.3 is 9.17 Å². The van der Waals surface area contributed by atoms with Gasteiger partial charge in [0.1, 0.15) is 0 Å². The molecular weight excluding hydrogens is 222 g/mol. The highest BCUT2D eigenvalue weighted by atomic mass is 28.3. The van der Waals surface area contributed by atoms with E-state index in [1.165, 1.54) is 0 Å². The summed E-state index contributed by atoms with van der Waals surface area (Å²) in [6.07, 6.45) is 0. The van der Waals surface area contributed by atoms with E-state index in [1.807, 2.05) is 0 Å². The number of hydrogen-bond donors (Lipinski definition) is 4. The van der Waals surface area contributed by atoms with Crippen LogP contribution in [-0.4, -0.2) is 51.4 Å². The SMILES string of the molecule is CCO.CCO.CCO.CO[Si](=O)[O-].[NH4+]. The van der Waals surface area contributed by atoms with E-state index in [2.05, 4.69) is 4.43 Å². The summed E-state index contributed by atoms with van der Waals surface area (Å²) >= 11 is 0. The highest BCUT2D eigenvalue weighted by Crippen LogP contribution is 1.44. The molecule has 15 heavy (non-hydrogen) atoms. The molecule has 0 aromatic rings. The quantitative estimate of drug-likeness (QED) is 0.427. The highest BCUT2D eigenvalue weighted by molar-refractivity contribution is 6.21. The average Bonchev–Trinajstić information content (AvgIpc) is 2.08. The third kappa shape index (κ3) is 832. The van der Waals surface area contributed by atoms with Gasteiger partial charge in [-0.1, -0.05) is 0 Å². The first kappa shape index (κ1) is 29.3. The molecule has 0 aromatic carbocycles. The third-order valence-corrected chi connectivity index (χ3v) is 0.500. The van der Waals surface area contributed by atoms with Gasteiger partial charge in [-0.3, -0.25) is 0 Å². The number of aliphatic hydroxyl groups excluding tert-OH is 3. The molecule has 0 rings (SSSR count). The van der Waals surface area contributed by atoms with Crippen molar-refractivity contribution in [3.8, 4) is 0 Å². The van der Waals surface area contributed by atoms with Crippen molar-refractivity contribution in [3.63, 3.8) is 0 Å². The lowest BCUT2D eigenvalue weighted by Crippen LogP contribution is -2.21. The number of aliphatic hydroxyl groups is 3. The summed E-state index contributed by atoms with van der Waals surface area (Å²) in [5.41, 5.74) is 0. The summed E-state index contributed by atoms with van der Waals surface area (Å²) < 4.78 is 13.0. The first-order valence-corrected chi connectivity index (χ1v) is 5.32. The van der Waals surface area contributed by atoms with Crippen LogP contribution in [0.5, 0.6) is 0 Å². The molecule has 0 bridgehead atoms. The second kappa shape index (κ2) is 50.1. The lowest BCUT2D eigenvalue weighted by atomic mass is 10.9. The molecule has 0 atom stereocenters.